The van der Waals surface area contributed by atoms with E-state index in [0.717, 1.165) is 32.1 Å². The molecular weight excluding hydrogens is 245 g/mol. The highest BCUT2D eigenvalue weighted by Crippen LogP contribution is 2.43. The summed E-state index contributed by atoms with van der Waals surface area (Å²) in [5.74, 6) is -0.0285. The number of halogens is 3. The second-order valence-corrected chi connectivity index (χ2v) is 5.71. The number of hydrogen-bond acceptors (Lipinski definition) is 2. The first-order valence-corrected chi connectivity index (χ1v) is 6.79. The first-order chi connectivity index (χ1) is 8.40. The van der Waals surface area contributed by atoms with Gasteiger partial charge in [-0.15, -0.1) is 0 Å². The Hall–Kier alpha value is -0.290. The molecule has 1 heterocycles. The van der Waals surface area contributed by atoms with E-state index in [9.17, 15) is 18.3 Å². The van der Waals surface area contributed by atoms with E-state index in [1.807, 2.05) is 0 Å². The van der Waals surface area contributed by atoms with Crippen molar-refractivity contribution in [2.75, 3.05) is 6.61 Å². The van der Waals surface area contributed by atoms with E-state index >= 15 is 0 Å². The molecule has 2 atom stereocenters. The Morgan fingerprint density at radius 2 is 1.94 bits per heavy atom. The minimum atomic E-state index is -4.17. The van der Waals surface area contributed by atoms with E-state index in [1.54, 1.807) is 0 Å². The lowest BCUT2D eigenvalue weighted by atomic mass is 9.80. The SMILES string of the molecule is OC(CCC(F)(F)F)C1CCOC2(CCCC2)C1. The largest absolute Gasteiger partial charge is 0.393 e. The van der Waals surface area contributed by atoms with Gasteiger partial charge in [-0.1, -0.05) is 12.8 Å². The van der Waals surface area contributed by atoms with Crippen molar-refractivity contribution in [2.24, 2.45) is 5.92 Å². The summed E-state index contributed by atoms with van der Waals surface area (Å²) in [6, 6.07) is 0. The van der Waals surface area contributed by atoms with Crippen LogP contribution in [0.4, 0.5) is 13.2 Å². The van der Waals surface area contributed by atoms with E-state index in [0.29, 0.717) is 13.0 Å². The van der Waals surface area contributed by atoms with Gasteiger partial charge in [0, 0.05) is 13.0 Å². The maximum absolute atomic E-state index is 12.1. The van der Waals surface area contributed by atoms with E-state index in [2.05, 4.69) is 0 Å². The molecule has 2 nitrogen and oxygen atoms in total. The van der Waals surface area contributed by atoms with Crippen LogP contribution in [0.15, 0.2) is 0 Å². The fraction of sp³-hybridized carbons (Fsp3) is 1.00. The third kappa shape index (κ3) is 3.60. The van der Waals surface area contributed by atoms with Crippen molar-refractivity contribution in [1.82, 2.24) is 0 Å². The van der Waals surface area contributed by atoms with Gasteiger partial charge in [-0.05, 0) is 38.0 Å². The zero-order valence-electron chi connectivity index (χ0n) is 10.5. The van der Waals surface area contributed by atoms with Gasteiger partial charge in [-0.25, -0.2) is 0 Å². The molecule has 1 saturated carbocycles. The molecule has 0 amide bonds. The molecule has 1 N–H and O–H groups in total. The lowest BCUT2D eigenvalue weighted by Crippen LogP contribution is -2.41. The second-order valence-electron chi connectivity index (χ2n) is 5.71. The van der Waals surface area contributed by atoms with Crippen LogP contribution in [0, 0.1) is 5.92 Å². The van der Waals surface area contributed by atoms with E-state index in [-0.39, 0.29) is 17.9 Å². The number of alkyl halides is 3. The maximum atomic E-state index is 12.1. The van der Waals surface area contributed by atoms with Crippen molar-refractivity contribution in [3.05, 3.63) is 0 Å². The van der Waals surface area contributed by atoms with Crippen LogP contribution in [-0.2, 0) is 4.74 Å². The summed E-state index contributed by atoms with van der Waals surface area (Å²) in [5, 5.41) is 9.93. The van der Waals surface area contributed by atoms with Crippen LogP contribution in [0.1, 0.15) is 51.4 Å². The van der Waals surface area contributed by atoms with Gasteiger partial charge >= 0.3 is 6.18 Å². The molecule has 0 radical (unpaired) electrons. The molecule has 2 unspecified atom stereocenters. The van der Waals surface area contributed by atoms with Gasteiger partial charge in [0.05, 0.1) is 11.7 Å². The Bertz CT molecular complexity index is 272. The standard InChI is InChI=1S/C13H21F3O2/c14-13(15,16)7-3-11(17)10-4-8-18-12(9-10)5-1-2-6-12/h10-11,17H,1-9H2. The van der Waals surface area contributed by atoms with Gasteiger partial charge in [-0.2, -0.15) is 13.2 Å². The van der Waals surface area contributed by atoms with Crippen molar-refractivity contribution in [2.45, 2.75) is 69.2 Å². The lowest BCUT2D eigenvalue weighted by molar-refractivity contribution is -0.148. The molecule has 106 valence electrons. The van der Waals surface area contributed by atoms with Crippen LogP contribution < -0.4 is 0 Å². The van der Waals surface area contributed by atoms with Crippen LogP contribution in [0.3, 0.4) is 0 Å². The van der Waals surface area contributed by atoms with Gasteiger partial charge in [0.25, 0.3) is 0 Å². The summed E-state index contributed by atoms with van der Waals surface area (Å²) in [6.07, 6.45) is -0.415. The number of aliphatic hydroxyl groups excluding tert-OH is 1. The van der Waals surface area contributed by atoms with Crippen molar-refractivity contribution in [1.29, 1.82) is 0 Å². The summed E-state index contributed by atoms with van der Waals surface area (Å²) in [4.78, 5) is 0. The maximum Gasteiger partial charge on any atom is 0.389 e. The van der Waals surface area contributed by atoms with Gasteiger partial charge in [0.2, 0.25) is 0 Å². The molecule has 5 heteroatoms. The zero-order chi connectivity index (χ0) is 13.2. The zero-order valence-corrected chi connectivity index (χ0v) is 10.5. The third-order valence-electron chi connectivity index (χ3n) is 4.31. The van der Waals surface area contributed by atoms with Crippen molar-refractivity contribution in [3.8, 4) is 0 Å². The lowest BCUT2D eigenvalue weighted by Gasteiger charge is -2.40. The molecule has 0 bridgehead atoms. The molecule has 1 aliphatic heterocycles. The Morgan fingerprint density at radius 1 is 1.28 bits per heavy atom. The monoisotopic (exact) mass is 266 g/mol. The fourth-order valence-electron chi connectivity index (χ4n) is 3.31. The summed E-state index contributed by atoms with van der Waals surface area (Å²) >= 11 is 0. The number of ether oxygens (including phenoxy) is 1. The van der Waals surface area contributed by atoms with Gasteiger partial charge in [0.15, 0.2) is 0 Å². The first kappa shape index (κ1) is 14.1. The van der Waals surface area contributed by atoms with Crippen LogP contribution in [0.5, 0.6) is 0 Å². The molecule has 1 saturated heterocycles. The third-order valence-corrected chi connectivity index (χ3v) is 4.31. The molecule has 2 aliphatic rings. The Kier molecular flexibility index (Phi) is 4.22. The normalized spacial score (nSPS) is 29.7. The molecule has 2 fully saturated rings. The Balaban J connectivity index is 1.84. The summed E-state index contributed by atoms with van der Waals surface area (Å²) in [7, 11) is 0. The van der Waals surface area contributed by atoms with Crippen LogP contribution in [0.2, 0.25) is 0 Å². The average Bonchev–Trinajstić information content (AvgIpc) is 2.73. The average molecular weight is 266 g/mol. The topological polar surface area (TPSA) is 29.5 Å². The molecule has 1 spiro atoms. The number of aliphatic hydroxyl groups is 1. The molecular formula is C13H21F3O2. The Labute approximate surface area is 106 Å². The van der Waals surface area contributed by atoms with Crippen molar-refractivity contribution < 1.29 is 23.0 Å². The second kappa shape index (κ2) is 5.37. The molecule has 18 heavy (non-hydrogen) atoms. The summed E-state index contributed by atoms with van der Waals surface area (Å²) in [5.41, 5.74) is -0.137. The predicted molar refractivity (Wildman–Crippen MR) is 61.2 cm³/mol. The summed E-state index contributed by atoms with van der Waals surface area (Å²) < 4.78 is 42.2. The van der Waals surface area contributed by atoms with Crippen molar-refractivity contribution >= 4 is 0 Å². The molecule has 0 aromatic carbocycles. The van der Waals surface area contributed by atoms with E-state index < -0.39 is 18.7 Å². The Morgan fingerprint density at radius 3 is 2.56 bits per heavy atom. The summed E-state index contributed by atoms with van der Waals surface area (Å²) in [6.45, 7) is 0.577. The molecule has 0 aromatic rings. The van der Waals surface area contributed by atoms with Crippen LogP contribution in [-0.4, -0.2) is 29.6 Å². The molecule has 1 aliphatic carbocycles. The highest BCUT2D eigenvalue weighted by molar-refractivity contribution is 4.92. The number of hydrogen-bond donors (Lipinski definition) is 1. The fourth-order valence-corrected chi connectivity index (χ4v) is 3.31. The van der Waals surface area contributed by atoms with Crippen LogP contribution >= 0.6 is 0 Å². The first-order valence-electron chi connectivity index (χ1n) is 6.79. The smallest absolute Gasteiger partial charge is 0.389 e. The highest BCUT2D eigenvalue weighted by atomic mass is 19.4. The molecule has 0 aromatic heterocycles. The highest BCUT2D eigenvalue weighted by Gasteiger charge is 2.42. The minimum absolute atomic E-state index is 0.0285. The van der Waals surface area contributed by atoms with E-state index in [4.69, 9.17) is 4.74 Å². The van der Waals surface area contributed by atoms with Gasteiger partial charge < -0.3 is 9.84 Å². The molecule has 2 rings (SSSR count). The number of rotatable bonds is 3. The van der Waals surface area contributed by atoms with Gasteiger partial charge in [0.1, 0.15) is 0 Å². The predicted octanol–water partition coefficient (Wildman–Crippen LogP) is 3.43. The quantitative estimate of drug-likeness (QED) is 0.848. The minimum Gasteiger partial charge on any atom is -0.393 e. The van der Waals surface area contributed by atoms with Crippen molar-refractivity contribution in [3.63, 3.8) is 0 Å². The van der Waals surface area contributed by atoms with E-state index in [1.165, 1.54) is 0 Å². The van der Waals surface area contributed by atoms with Crippen LogP contribution in [0.25, 0.3) is 0 Å². The van der Waals surface area contributed by atoms with Gasteiger partial charge in [-0.3, -0.25) is 0 Å².